The van der Waals surface area contributed by atoms with Gasteiger partial charge in [0, 0.05) is 37.4 Å². The van der Waals surface area contributed by atoms with E-state index in [2.05, 4.69) is 15.0 Å². The van der Waals surface area contributed by atoms with Gasteiger partial charge in [-0.1, -0.05) is 6.07 Å². The van der Waals surface area contributed by atoms with Crippen LogP contribution in [0.25, 0.3) is 0 Å². The Morgan fingerprint density at radius 2 is 2.21 bits per heavy atom. The van der Waals surface area contributed by atoms with Crippen molar-refractivity contribution in [3.63, 3.8) is 0 Å². The SMILES string of the molecule is CC(CNC1CC1)S(=O)(=O)NCCc1ccccn1. The fourth-order valence-corrected chi connectivity index (χ4v) is 2.73. The molecule has 1 fully saturated rings. The van der Waals surface area contributed by atoms with Crippen LogP contribution in [-0.2, 0) is 16.4 Å². The highest BCUT2D eigenvalue weighted by Crippen LogP contribution is 2.18. The lowest BCUT2D eigenvalue weighted by Gasteiger charge is -2.14. The molecule has 1 aliphatic carbocycles. The molecule has 0 spiro atoms. The van der Waals surface area contributed by atoms with E-state index >= 15 is 0 Å². The molecule has 1 saturated carbocycles. The molecule has 1 unspecified atom stereocenters. The van der Waals surface area contributed by atoms with Crippen LogP contribution >= 0.6 is 0 Å². The first-order valence-corrected chi connectivity index (χ1v) is 8.24. The molecule has 5 nitrogen and oxygen atoms in total. The molecule has 106 valence electrons. The van der Waals surface area contributed by atoms with E-state index in [1.165, 1.54) is 12.8 Å². The number of nitrogens with one attached hydrogen (secondary N) is 2. The maximum absolute atomic E-state index is 12.0. The molecular weight excluding hydrogens is 262 g/mol. The molecular formula is C13H21N3O2S. The zero-order chi connectivity index (χ0) is 13.7. The van der Waals surface area contributed by atoms with Crippen LogP contribution in [-0.4, -0.2) is 37.8 Å². The summed E-state index contributed by atoms with van der Waals surface area (Å²) in [6.45, 7) is 2.65. The van der Waals surface area contributed by atoms with Crippen molar-refractivity contribution in [2.45, 2.75) is 37.5 Å². The highest BCUT2D eigenvalue weighted by molar-refractivity contribution is 7.90. The van der Waals surface area contributed by atoms with Crippen molar-refractivity contribution in [2.24, 2.45) is 0 Å². The average Bonchev–Trinajstić information content (AvgIpc) is 3.21. The van der Waals surface area contributed by atoms with Crippen LogP contribution in [0.5, 0.6) is 0 Å². The quantitative estimate of drug-likeness (QED) is 0.736. The third-order valence-electron chi connectivity index (χ3n) is 3.21. The van der Waals surface area contributed by atoms with Gasteiger partial charge in [0.15, 0.2) is 0 Å². The second kappa shape index (κ2) is 6.45. The normalized spacial score (nSPS) is 17.3. The van der Waals surface area contributed by atoms with E-state index in [-0.39, 0.29) is 0 Å². The Labute approximate surface area is 114 Å². The molecule has 2 N–H and O–H groups in total. The molecule has 1 aliphatic rings. The fraction of sp³-hybridized carbons (Fsp3) is 0.615. The maximum Gasteiger partial charge on any atom is 0.215 e. The van der Waals surface area contributed by atoms with E-state index in [9.17, 15) is 8.42 Å². The summed E-state index contributed by atoms with van der Waals surface area (Å²) in [6.07, 6.45) is 4.66. The van der Waals surface area contributed by atoms with E-state index in [0.717, 1.165) is 5.69 Å². The van der Waals surface area contributed by atoms with E-state index in [1.54, 1.807) is 13.1 Å². The fourth-order valence-electron chi connectivity index (χ4n) is 1.74. The van der Waals surface area contributed by atoms with Gasteiger partial charge in [0.25, 0.3) is 0 Å². The van der Waals surface area contributed by atoms with E-state index in [0.29, 0.717) is 25.6 Å². The van der Waals surface area contributed by atoms with Crippen LogP contribution in [0, 0.1) is 0 Å². The second-order valence-corrected chi connectivity index (χ2v) is 7.19. The summed E-state index contributed by atoms with van der Waals surface area (Å²) in [4.78, 5) is 4.16. The van der Waals surface area contributed by atoms with Crippen molar-refractivity contribution >= 4 is 10.0 Å². The lowest BCUT2D eigenvalue weighted by molar-refractivity contribution is 0.557. The van der Waals surface area contributed by atoms with Gasteiger partial charge in [0.05, 0.1) is 5.25 Å². The van der Waals surface area contributed by atoms with Crippen LogP contribution < -0.4 is 10.0 Å². The molecule has 2 rings (SSSR count). The van der Waals surface area contributed by atoms with E-state index in [1.807, 2.05) is 18.2 Å². The van der Waals surface area contributed by atoms with Gasteiger partial charge in [-0.25, -0.2) is 13.1 Å². The predicted octanol–water partition coefficient (Wildman–Crippen LogP) is 0.684. The van der Waals surface area contributed by atoms with Crippen molar-refractivity contribution in [2.75, 3.05) is 13.1 Å². The van der Waals surface area contributed by atoms with Crippen LogP contribution in [0.15, 0.2) is 24.4 Å². The molecule has 6 heteroatoms. The molecule has 1 aromatic heterocycles. The van der Waals surface area contributed by atoms with Crippen molar-refractivity contribution < 1.29 is 8.42 Å². The molecule has 1 aromatic rings. The number of pyridine rings is 1. The number of nitrogens with zero attached hydrogens (tertiary/aromatic N) is 1. The number of hydrogen-bond donors (Lipinski definition) is 2. The lowest BCUT2D eigenvalue weighted by Crippen LogP contribution is -2.40. The Hall–Kier alpha value is -0.980. The average molecular weight is 283 g/mol. The smallest absolute Gasteiger partial charge is 0.215 e. The van der Waals surface area contributed by atoms with Crippen molar-refractivity contribution in [1.82, 2.24) is 15.0 Å². The first kappa shape index (κ1) is 14.4. The van der Waals surface area contributed by atoms with Crippen molar-refractivity contribution in [3.8, 4) is 0 Å². The largest absolute Gasteiger partial charge is 0.313 e. The number of hydrogen-bond acceptors (Lipinski definition) is 4. The minimum atomic E-state index is -3.24. The Bertz CT molecular complexity index is 486. The number of aromatic nitrogens is 1. The summed E-state index contributed by atoms with van der Waals surface area (Å²) in [5.74, 6) is 0. The Morgan fingerprint density at radius 3 is 2.84 bits per heavy atom. The monoisotopic (exact) mass is 283 g/mol. The van der Waals surface area contributed by atoms with Crippen LogP contribution in [0.2, 0.25) is 0 Å². The van der Waals surface area contributed by atoms with Crippen LogP contribution in [0.4, 0.5) is 0 Å². The summed E-state index contributed by atoms with van der Waals surface area (Å²) in [7, 11) is -3.24. The van der Waals surface area contributed by atoms with E-state index in [4.69, 9.17) is 0 Å². The molecule has 0 radical (unpaired) electrons. The number of sulfonamides is 1. The summed E-state index contributed by atoms with van der Waals surface area (Å²) in [5, 5.41) is 2.83. The number of rotatable bonds is 8. The van der Waals surface area contributed by atoms with E-state index < -0.39 is 15.3 Å². The van der Waals surface area contributed by atoms with Gasteiger partial charge in [-0.3, -0.25) is 4.98 Å². The minimum Gasteiger partial charge on any atom is -0.313 e. The molecule has 19 heavy (non-hydrogen) atoms. The highest BCUT2D eigenvalue weighted by atomic mass is 32.2. The van der Waals surface area contributed by atoms with Crippen molar-refractivity contribution in [3.05, 3.63) is 30.1 Å². The molecule has 0 bridgehead atoms. The third-order valence-corrected chi connectivity index (χ3v) is 5.04. The zero-order valence-electron chi connectivity index (χ0n) is 11.2. The molecule has 0 amide bonds. The first-order chi connectivity index (χ1) is 9.08. The van der Waals surface area contributed by atoms with Crippen LogP contribution in [0.1, 0.15) is 25.5 Å². The Kier molecular flexibility index (Phi) is 4.90. The second-order valence-electron chi connectivity index (χ2n) is 5.00. The predicted molar refractivity (Wildman–Crippen MR) is 75.4 cm³/mol. The van der Waals surface area contributed by atoms with Gasteiger partial charge in [0.1, 0.15) is 0 Å². The van der Waals surface area contributed by atoms with Gasteiger partial charge in [-0.05, 0) is 31.9 Å². The Balaban J connectivity index is 1.73. The zero-order valence-corrected chi connectivity index (χ0v) is 12.0. The van der Waals surface area contributed by atoms with Gasteiger partial charge in [-0.15, -0.1) is 0 Å². The molecule has 0 saturated heterocycles. The van der Waals surface area contributed by atoms with Crippen molar-refractivity contribution in [1.29, 1.82) is 0 Å². The van der Waals surface area contributed by atoms with Gasteiger partial charge < -0.3 is 5.32 Å². The van der Waals surface area contributed by atoms with Gasteiger partial charge >= 0.3 is 0 Å². The lowest BCUT2D eigenvalue weighted by atomic mass is 10.3. The molecule has 0 aliphatic heterocycles. The molecule has 1 atom stereocenters. The van der Waals surface area contributed by atoms with Gasteiger partial charge in [-0.2, -0.15) is 0 Å². The summed E-state index contributed by atoms with van der Waals surface area (Å²) in [5.41, 5.74) is 0.897. The summed E-state index contributed by atoms with van der Waals surface area (Å²) < 4.78 is 26.6. The van der Waals surface area contributed by atoms with Crippen LogP contribution in [0.3, 0.4) is 0 Å². The van der Waals surface area contributed by atoms with Gasteiger partial charge in [0.2, 0.25) is 10.0 Å². The molecule has 1 heterocycles. The topological polar surface area (TPSA) is 71.1 Å². The minimum absolute atomic E-state index is 0.396. The standard InChI is InChI=1S/C13H21N3O2S/c1-11(10-15-13-5-6-13)19(17,18)16-9-7-12-4-2-3-8-14-12/h2-4,8,11,13,15-16H,5-7,9-10H2,1H3. The third kappa shape index (κ3) is 4.89. The first-order valence-electron chi connectivity index (χ1n) is 6.70. The summed E-state index contributed by atoms with van der Waals surface area (Å²) in [6, 6.07) is 6.18. The maximum atomic E-state index is 12.0. The highest BCUT2D eigenvalue weighted by Gasteiger charge is 2.25. The Morgan fingerprint density at radius 1 is 1.42 bits per heavy atom. The summed E-state index contributed by atoms with van der Waals surface area (Å²) >= 11 is 0. The molecule has 0 aromatic carbocycles.